The summed E-state index contributed by atoms with van der Waals surface area (Å²) in [5, 5.41) is 0. The van der Waals surface area contributed by atoms with Gasteiger partial charge in [-0.05, 0) is 21.5 Å². The Morgan fingerprint density at radius 2 is 2.00 bits per heavy atom. The number of aromatic nitrogens is 2. The highest BCUT2D eigenvalue weighted by Gasteiger charge is 1.98. The molecule has 0 fully saturated rings. The average molecular weight is 265 g/mol. The van der Waals surface area contributed by atoms with Crippen molar-refractivity contribution < 1.29 is 0 Å². The zero-order chi connectivity index (χ0) is 10.7. The second-order valence-corrected chi connectivity index (χ2v) is 3.98. The van der Waals surface area contributed by atoms with E-state index >= 15 is 0 Å². The van der Waals surface area contributed by atoms with Crippen LogP contribution in [0.15, 0.2) is 52.1 Å². The molecule has 1 aromatic carbocycles. The molecule has 2 aromatic rings. The van der Waals surface area contributed by atoms with Gasteiger partial charge in [0.15, 0.2) is 0 Å². The van der Waals surface area contributed by atoms with E-state index in [1.807, 2.05) is 30.3 Å². The van der Waals surface area contributed by atoms with Gasteiger partial charge < -0.3 is 0 Å². The summed E-state index contributed by atoms with van der Waals surface area (Å²) in [5.41, 5.74) is 1.03. The number of rotatable bonds is 2. The summed E-state index contributed by atoms with van der Waals surface area (Å²) < 4.78 is 2.14. The Morgan fingerprint density at radius 3 is 2.67 bits per heavy atom. The Morgan fingerprint density at radius 1 is 1.27 bits per heavy atom. The number of hydrogen-bond acceptors (Lipinski definition) is 2. The van der Waals surface area contributed by atoms with Crippen molar-refractivity contribution in [2.24, 2.45) is 0 Å². The van der Waals surface area contributed by atoms with Gasteiger partial charge in [0.25, 0.3) is 5.56 Å². The second-order valence-electron chi connectivity index (χ2n) is 3.16. The van der Waals surface area contributed by atoms with Crippen LogP contribution >= 0.6 is 15.9 Å². The van der Waals surface area contributed by atoms with Gasteiger partial charge in [-0.25, -0.2) is 4.98 Å². The number of benzene rings is 1. The summed E-state index contributed by atoms with van der Waals surface area (Å²) in [6.07, 6.45) is 1.54. The van der Waals surface area contributed by atoms with Crippen molar-refractivity contribution in [2.45, 2.75) is 6.54 Å². The van der Waals surface area contributed by atoms with Crippen LogP contribution in [0.2, 0.25) is 0 Å². The van der Waals surface area contributed by atoms with Crippen molar-refractivity contribution in [3.8, 4) is 0 Å². The molecular weight excluding hydrogens is 256 g/mol. The summed E-state index contributed by atoms with van der Waals surface area (Å²) in [6.45, 7) is 0.556. The van der Waals surface area contributed by atoms with Crippen molar-refractivity contribution in [3.05, 3.63) is 63.2 Å². The zero-order valence-electron chi connectivity index (χ0n) is 7.93. The highest BCUT2D eigenvalue weighted by molar-refractivity contribution is 9.10. The minimum Gasteiger partial charge on any atom is -0.295 e. The molecule has 3 nitrogen and oxygen atoms in total. The molecule has 4 heteroatoms. The SMILES string of the molecule is O=c1cc(Br)ncn1Cc1ccccc1. The third kappa shape index (κ3) is 2.53. The fourth-order valence-electron chi connectivity index (χ4n) is 1.30. The molecule has 0 bridgehead atoms. The first-order chi connectivity index (χ1) is 7.25. The van der Waals surface area contributed by atoms with Crippen LogP contribution in [-0.4, -0.2) is 9.55 Å². The molecule has 1 aromatic heterocycles. The minimum absolute atomic E-state index is 0.0549. The quantitative estimate of drug-likeness (QED) is 0.779. The van der Waals surface area contributed by atoms with Gasteiger partial charge in [0.05, 0.1) is 12.9 Å². The lowest BCUT2D eigenvalue weighted by atomic mass is 10.2. The predicted octanol–water partition coefficient (Wildman–Crippen LogP) is 2.05. The van der Waals surface area contributed by atoms with Gasteiger partial charge in [-0.3, -0.25) is 9.36 Å². The van der Waals surface area contributed by atoms with Gasteiger partial charge in [-0.2, -0.15) is 0 Å². The lowest BCUT2D eigenvalue weighted by Gasteiger charge is -2.04. The smallest absolute Gasteiger partial charge is 0.254 e. The Kier molecular flexibility index (Phi) is 2.97. The third-order valence-corrected chi connectivity index (χ3v) is 2.48. The molecule has 1 heterocycles. The van der Waals surface area contributed by atoms with Crippen LogP contribution in [0.3, 0.4) is 0 Å². The summed E-state index contributed by atoms with van der Waals surface area (Å²) in [5.74, 6) is 0. The molecule has 0 radical (unpaired) electrons. The molecular formula is C11H9BrN2O. The molecule has 76 valence electrons. The predicted molar refractivity (Wildman–Crippen MR) is 61.7 cm³/mol. The fourth-order valence-corrected chi connectivity index (χ4v) is 1.59. The first kappa shape index (κ1) is 10.1. The molecule has 15 heavy (non-hydrogen) atoms. The molecule has 0 atom stereocenters. The van der Waals surface area contributed by atoms with Crippen LogP contribution < -0.4 is 5.56 Å². The van der Waals surface area contributed by atoms with E-state index in [-0.39, 0.29) is 5.56 Å². The topological polar surface area (TPSA) is 34.9 Å². The first-order valence-electron chi connectivity index (χ1n) is 4.51. The molecule has 0 saturated carbocycles. The summed E-state index contributed by atoms with van der Waals surface area (Å²) in [4.78, 5) is 15.6. The molecule has 0 spiro atoms. The van der Waals surface area contributed by atoms with Crippen LogP contribution in [0, 0.1) is 0 Å². The standard InChI is InChI=1S/C11H9BrN2O/c12-10-6-11(15)14(8-13-10)7-9-4-2-1-3-5-9/h1-6,8H,7H2. The van der Waals surface area contributed by atoms with Crippen LogP contribution in [-0.2, 0) is 6.54 Å². The van der Waals surface area contributed by atoms with Crippen LogP contribution in [0.5, 0.6) is 0 Å². The lowest BCUT2D eigenvalue weighted by Crippen LogP contribution is -2.19. The molecule has 0 aliphatic heterocycles. The van der Waals surface area contributed by atoms with Gasteiger partial charge in [-0.1, -0.05) is 30.3 Å². The lowest BCUT2D eigenvalue weighted by molar-refractivity contribution is 0.732. The maximum atomic E-state index is 11.5. The van der Waals surface area contributed by atoms with E-state index in [9.17, 15) is 4.79 Å². The summed E-state index contributed by atoms with van der Waals surface area (Å²) >= 11 is 3.16. The second kappa shape index (κ2) is 4.40. The fraction of sp³-hybridized carbons (Fsp3) is 0.0909. The number of hydrogen-bond donors (Lipinski definition) is 0. The number of nitrogens with zero attached hydrogens (tertiary/aromatic N) is 2. The summed E-state index contributed by atoms with van der Waals surface area (Å²) in [7, 11) is 0. The van der Waals surface area contributed by atoms with E-state index in [2.05, 4.69) is 20.9 Å². The van der Waals surface area contributed by atoms with Gasteiger partial charge in [-0.15, -0.1) is 0 Å². The average Bonchev–Trinajstić information content (AvgIpc) is 2.24. The van der Waals surface area contributed by atoms with Crippen LogP contribution in [0.1, 0.15) is 5.56 Å². The van der Waals surface area contributed by atoms with Crippen molar-refractivity contribution >= 4 is 15.9 Å². The molecule has 0 aliphatic rings. The molecule has 0 aliphatic carbocycles. The van der Waals surface area contributed by atoms with Crippen LogP contribution in [0.4, 0.5) is 0 Å². The van der Waals surface area contributed by atoms with E-state index in [1.54, 1.807) is 10.9 Å². The maximum absolute atomic E-state index is 11.5. The molecule has 0 saturated heterocycles. The van der Waals surface area contributed by atoms with Gasteiger partial charge in [0.2, 0.25) is 0 Å². The molecule has 0 unspecified atom stereocenters. The largest absolute Gasteiger partial charge is 0.295 e. The molecule has 2 rings (SSSR count). The Balaban J connectivity index is 2.29. The minimum atomic E-state index is -0.0549. The van der Waals surface area contributed by atoms with E-state index in [4.69, 9.17) is 0 Å². The Hall–Kier alpha value is -1.42. The number of halogens is 1. The highest BCUT2D eigenvalue weighted by atomic mass is 79.9. The van der Waals surface area contributed by atoms with E-state index in [0.29, 0.717) is 11.1 Å². The zero-order valence-corrected chi connectivity index (χ0v) is 9.52. The van der Waals surface area contributed by atoms with Crippen molar-refractivity contribution in [1.29, 1.82) is 0 Å². The van der Waals surface area contributed by atoms with Crippen LogP contribution in [0.25, 0.3) is 0 Å². The van der Waals surface area contributed by atoms with E-state index < -0.39 is 0 Å². The van der Waals surface area contributed by atoms with Crippen molar-refractivity contribution in [1.82, 2.24) is 9.55 Å². The van der Waals surface area contributed by atoms with E-state index in [0.717, 1.165) is 5.56 Å². The summed E-state index contributed by atoms with van der Waals surface area (Å²) in [6, 6.07) is 11.3. The van der Waals surface area contributed by atoms with Crippen molar-refractivity contribution in [3.63, 3.8) is 0 Å². The third-order valence-electron chi connectivity index (χ3n) is 2.04. The Labute approximate surface area is 95.5 Å². The monoisotopic (exact) mass is 264 g/mol. The first-order valence-corrected chi connectivity index (χ1v) is 5.31. The highest BCUT2D eigenvalue weighted by Crippen LogP contribution is 2.02. The van der Waals surface area contributed by atoms with Gasteiger partial charge >= 0.3 is 0 Å². The Bertz CT molecular complexity index is 507. The molecule has 0 amide bonds. The van der Waals surface area contributed by atoms with Gasteiger partial charge in [0.1, 0.15) is 4.60 Å². The normalized spacial score (nSPS) is 10.2. The van der Waals surface area contributed by atoms with Gasteiger partial charge in [0, 0.05) is 6.07 Å². The van der Waals surface area contributed by atoms with Crippen molar-refractivity contribution in [2.75, 3.05) is 0 Å². The van der Waals surface area contributed by atoms with E-state index in [1.165, 1.54) is 6.07 Å². The molecule has 0 N–H and O–H groups in total. The maximum Gasteiger partial charge on any atom is 0.254 e.